The quantitative estimate of drug-likeness (QED) is 0.907. The van der Waals surface area contributed by atoms with Crippen molar-refractivity contribution in [3.8, 4) is 0 Å². The fraction of sp³-hybridized carbons (Fsp3) is 0.455. The summed E-state index contributed by atoms with van der Waals surface area (Å²) < 4.78 is 15.5. The minimum absolute atomic E-state index is 0.135. The van der Waals surface area contributed by atoms with Gasteiger partial charge in [-0.3, -0.25) is 9.59 Å². The second-order valence-corrected chi connectivity index (χ2v) is 5.17. The number of rotatable bonds is 2. The molecule has 1 saturated carbocycles. The molecule has 2 rings (SSSR count). The summed E-state index contributed by atoms with van der Waals surface area (Å²) in [7, 11) is 1.57. The summed E-state index contributed by atoms with van der Waals surface area (Å²) in [6.45, 7) is 1.69. The van der Waals surface area contributed by atoms with Crippen LogP contribution in [-0.4, -0.2) is 16.1 Å². The molecular formula is C11H12BrFN2O2. The molecule has 1 aliphatic rings. The van der Waals surface area contributed by atoms with E-state index in [0.29, 0.717) is 10.0 Å². The molecule has 0 aliphatic heterocycles. The van der Waals surface area contributed by atoms with E-state index in [0.717, 1.165) is 0 Å². The van der Waals surface area contributed by atoms with E-state index in [9.17, 15) is 14.0 Å². The van der Waals surface area contributed by atoms with E-state index < -0.39 is 11.6 Å². The summed E-state index contributed by atoms with van der Waals surface area (Å²) in [5.74, 6) is -0.726. The van der Waals surface area contributed by atoms with Crippen LogP contribution in [0.4, 0.5) is 10.1 Å². The highest BCUT2D eigenvalue weighted by Gasteiger charge is 2.51. The van der Waals surface area contributed by atoms with Gasteiger partial charge in [0.2, 0.25) is 0 Å². The molecule has 0 radical (unpaired) electrons. The highest BCUT2D eigenvalue weighted by Crippen LogP contribution is 2.40. The minimum Gasteiger partial charge on any atom is -0.318 e. The molecule has 1 heterocycles. The lowest BCUT2D eigenvalue weighted by molar-refractivity contribution is -0.122. The fourth-order valence-corrected chi connectivity index (χ4v) is 2.00. The van der Waals surface area contributed by atoms with Crippen LogP contribution in [0.2, 0.25) is 0 Å². The Morgan fingerprint density at radius 2 is 2.18 bits per heavy atom. The third-order valence-corrected chi connectivity index (χ3v) is 3.71. The molecule has 1 aliphatic carbocycles. The Hall–Kier alpha value is -1.17. The van der Waals surface area contributed by atoms with Crippen LogP contribution >= 0.6 is 15.9 Å². The topological polar surface area (TPSA) is 51.1 Å². The number of hydrogen-bond donors (Lipinski definition) is 1. The van der Waals surface area contributed by atoms with Crippen LogP contribution in [0.3, 0.4) is 0 Å². The van der Waals surface area contributed by atoms with Crippen LogP contribution in [0.15, 0.2) is 15.5 Å². The molecule has 1 aromatic heterocycles. The molecule has 0 unspecified atom stereocenters. The first-order valence-corrected chi connectivity index (χ1v) is 6.00. The summed E-state index contributed by atoms with van der Waals surface area (Å²) in [6.07, 6.45) is 2.06. The van der Waals surface area contributed by atoms with Gasteiger partial charge in [0, 0.05) is 17.7 Å². The number of amides is 1. The molecule has 0 spiro atoms. The number of carbonyl (C=O) groups excluding carboxylic acids is 1. The molecular weight excluding hydrogens is 291 g/mol. The van der Waals surface area contributed by atoms with E-state index in [1.54, 1.807) is 20.2 Å². The van der Waals surface area contributed by atoms with Gasteiger partial charge in [-0.1, -0.05) is 0 Å². The van der Waals surface area contributed by atoms with Crippen LogP contribution in [0.25, 0.3) is 0 Å². The minimum atomic E-state index is -1.78. The van der Waals surface area contributed by atoms with Gasteiger partial charge < -0.3 is 9.88 Å². The molecule has 1 aromatic rings. The first-order chi connectivity index (χ1) is 7.85. The SMILES string of the molecule is Cc1c(Br)cn(C)c(=O)c1NC(=O)C1(F)CC1. The number of pyridine rings is 1. The standard InChI is InChI=1S/C11H12BrFN2O2/c1-6-7(12)5-15(2)9(16)8(6)14-10(17)11(13)3-4-11/h5H,3-4H2,1-2H3,(H,14,17). The van der Waals surface area contributed by atoms with Gasteiger partial charge in [0.1, 0.15) is 5.69 Å². The lowest BCUT2D eigenvalue weighted by Gasteiger charge is -2.12. The maximum atomic E-state index is 13.5. The Labute approximate surface area is 106 Å². The van der Waals surface area contributed by atoms with Gasteiger partial charge in [0.05, 0.1) is 0 Å². The Morgan fingerprint density at radius 3 is 2.71 bits per heavy atom. The normalized spacial score (nSPS) is 16.7. The zero-order valence-electron chi connectivity index (χ0n) is 9.51. The maximum Gasteiger partial charge on any atom is 0.274 e. The molecule has 0 saturated heterocycles. The summed E-state index contributed by atoms with van der Waals surface area (Å²) in [6, 6.07) is 0. The number of aryl methyl sites for hydroxylation is 1. The van der Waals surface area contributed by atoms with Crippen molar-refractivity contribution in [2.24, 2.45) is 7.05 Å². The predicted octanol–water partition coefficient (Wildman–Crippen LogP) is 1.90. The second-order valence-electron chi connectivity index (χ2n) is 4.31. The Balaban J connectivity index is 2.39. The van der Waals surface area contributed by atoms with Crippen molar-refractivity contribution in [3.63, 3.8) is 0 Å². The molecule has 1 amide bonds. The molecule has 92 valence electrons. The number of nitrogens with zero attached hydrogens (tertiary/aromatic N) is 1. The Morgan fingerprint density at radius 1 is 1.59 bits per heavy atom. The summed E-state index contributed by atoms with van der Waals surface area (Å²) in [5, 5.41) is 2.39. The number of hydrogen-bond acceptors (Lipinski definition) is 2. The van der Waals surface area contributed by atoms with Crippen molar-refractivity contribution < 1.29 is 9.18 Å². The van der Waals surface area contributed by atoms with Crippen molar-refractivity contribution in [1.82, 2.24) is 4.57 Å². The average molecular weight is 303 g/mol. The van der Waals surface area contributed by atoms with E-state index in [4.69, 9.17) is 0 Å². The maximum absolute atomic E-state index is 13.5. The van der Waals surface area contributed by atoms with Gasteiger partial charge in [-0.25, -0.2) is 4.39 Å². The Kier molecular flexibility index (Phi) is 2.85. The fourth-order valence-electron chi connectivity index (χ4n) is 1.49. The average Bonchev–Trinajstić information content (AvgIpc) is 3.01. The van der Waals surface area contributed by atoms with Crippen molar-refractivity contribution in [2.45, 2.75) is 25.4 Å². The van der Waals surface area contributed by atoms with Gasteiger partial charge in [-0.15, -0.1) is 0 Å². The first kappa shape index (κ1) is 12.3. The summed E-state index contributed by atoms with van der Waals surface area (Å²) in [5.41, 5.74) is -1.38. The van der Waals surface area contributed by atoms with Gasteiger partial charge in [-0.05, 0) is 41.3 Å². The van der Waals surface area contributed by atoms with Crippen LogP contribution in [0, 0.1) is 6.92 Å². The van der Waals surface area contributed by atoms with Gasteiger partial charge >= 0.3 is 0 Å². The second kappa shape index (κ2) is 3.94. The Bertz CT molecular complexity index is 549. The zero-order valence-corrected chi connectivity index (χ0v) is 11.1. The summed E-state index contributed by atoms with van der Waals surface area (Å²) in [4.78, 5) is 23.4. The number of halogens is 2. The van der Waals surface area contributed by atoms with Crippen LogP contribution in [-0.2, 0) is 11.8 Å². The van der Waals surface area contributed by atoms with Crippen LogP contribution in [0.1, 0.15) is 18.4 Å². The molecule has 6 heteroatoms. The number of nitrogens with one attached hydrogen (secondary N) is 1. The smallest absolute Gasteiger partial charge is 0.274 e. The van der Waals surface area contributed by atoms with Gasteiger partial charge in [0.25, 0.3) is 11.5 Å². The van der Waals surface area contributed by atoms with Gasteiger partial charge in [0.15, 0.2) is 5.67 Å². The molecule has 0 bridgehead atoms. The van der Waals surface area contributed by atoms with Crippen molar-refractivity contribution in [2.75, 3.05) is 5.32 Å². The first-order valence-electron chi connectivity index (χ1n) is 5.21. The zero-order chi connectivity index (χ0) is 12.8. The third kappa shape index (κ3) is 2.13. The third-order valence-electron chi connectivity index (χ3n) is 2.91. The van der Waals surface area contributed by atoms with Crippen LogP contribution < -0.4 is 10.9 Å². The predicted molar refractivity (Wildman–Crippen MR) is 65.8 cm³/mol. The molecule has 4 nitrogen and oxygen atoms in total. The molecule has 17 heavy (non-hydrogen) atoms. The lowest BCUT2D eigenvalue weighted by Crippen LogP contribution is -2.31. The number of anilines is 1. The number of alkyl halides is 1. The summed E-state index contributed by atoms with van der Waals surface area (Å²) >= 11 is 3.28. The van der Waals surface area contributed by atoms with E-state index in [1.807, 2.05) is 0 Å². The van der Waals surface area contributed by atoms with Crippen molar-refractivity contribution in [1.29, 1.82) is 0 Å². The monoisotopic (exact) mass is 302 g/mol. The number of carbonyl (C=O) groups is 1. The van der Waals surface area contributed by atoms with E-state index >= 15 is 0 Å². The van der Waals surface area contributed by atoms with Crippen LogP contribution in [0.5, 0.6) is 0 Å². The molecule has 0 atom stereocenters. The van der Waals surface area contributed by atoms with E-state index in [2.05, 4.69) is 21.2 Å². The lowest BCUT2D eigenvalue weighted by atomic mass is 10.2. The molecule has 0 aromatic carbocycles. The van der Waals surface area contributed by atoms with Crippen molar-refractivity contribution in [3.05, 3.63) is 26.6 Å². The van der Waals surface area contributed by atoms with Crippen molar-refractivity contribution >= 4 is 27.5 Å². The largest absolute Gasteiger partial charge is 0.318 e. The van der Waals surface area contributed by atoms with Gasteiger partial charge in [-0.2, -0.15) is 0 Å². The number of aromatic nitrogens is 1. The van der Waals surface area contributed by atoms with E-state index in [1.165, 1.54) is 4.57 Å². The highest BCUT2D eigenvalue weighted by molar-refractivity contribution is 9.10. The molecule has 1 N–H and O–H groups in total. The van der Waals surface area contributed by atoms with E-state index in [-0.39, 0.29) is 24.1 Å². The molecule has 1 fully saturated rings. The highest BCUT2D eigenvalue weighted by atomic mass is 79.9.